The molecule has 8 nitrogen and oxygen atoms in total. The first kappa shape index (κ1) is 26.1. The Bertz CT molecular complexity index is 1020. The third kappa shape index (κ3) is 6.91. The van der Waals surface area contributed by atoms with E-state index in [0.717, 1.165) is 12.5 Å². The number of carbonyl (C=O) groups excluding carboxylic acids is 2. The van der Waals surface area contributed by atoms with Gasteiger partial charge in [-0.05, 0) is 30.1 Å². The molecular weight excluding hydrogens is 428 g/mol. The van der Waals surface area contributed by atoms with Crippen molar-refractivity contribution in [1.82, 2.24) is 0 Å². The number of hydrogen-bond acceptors (Lipinski definition) is 8. The van der Waals surface area contributed by atoms with Gasteiger partial charge in [-0.3, -0.25) is 19.2 Å². The molecule has 0 saturated carbocycles. The van der Waals surface area contributed by atoms with E-state index in [1.165, 1.54) is 12.5 Å². The van der Waals surface area contributed by atoms with Gasteiger partial charge in [0.2, 0.25) is 10.9 Å². The van der Waals surface area contributed by atoms with Crippen molar-refractivity contribution in [3.63, 3.8) is 0 Å². The second-order valence-electron chi connectivity index (χ2n) is 9.70. The van der Waals surface area contributed by atoms with Crippen molar-refractivity contribution in [2.24, 2.45) is 0 Å². The maximum atomic E-state index is 12.3. The maximum Gasteiger partial charge on any atom is 0.230 e. The SMILES string of the molecule is CC(C)(CCC(=O)CCCC(=O)CCC(C)(C)c1cocc(O)c1=O)c1cocc(O)c1=O. The van der Waals surface area contributed by atoms with E-state index < -0.39 is 33.2 Å². The van der Waals surface area contributed by atoms with Gasteiger partial charge in [-0.15, -0.1) is 0 Å². The Kier molecular flexibility index (Phi) is 8.41. The monoisotopic (exact) mass is 460 g/mol. The standard InChI is InChI=1S/C25H32O8/c1-24(2,18-12-32-14-20(28)22(18)30)10-8-16(26)6-5-7-17(27)9-11-25(3,4)19-13-33-15-21(29)23(19)31/h12-15,28-29H,5-11H2,1-4H3. The first-order valence-corrected chi connectivity index (χ1v) is 11.0. The molecule has 0 aliphatic rings. The zero-order valence-corrected chi connectivity index (χ0v) is 19.6. The molecule has 2 aromatic rings. The number of Topliss-reactive ketones (excluding diaryl/α,β-unsaturated/α-hetero) is 2. The fourth-order valence-electron chi connectivity index (χ4n) is 3.66. The fourth-order valence-corrected chi connectivity index (χ4v) is 3.66. The highest BCUT2D eigenvalue weighted by Gasteiger charge is 2.28. The van der Waals surface area contributed by atoms with Crippen LogP contribution >= 0.6 is 0 Å². The van der Waals surface area contributed by atoms with Crippen LogP contribution in [0.15, 0.2) is 43.5 Å². The van der Waals surface area contributed by atoms with Crippen molar-refractivity contribution in [3.8, 4) is 11.5 Å². The van der Waals surface area contributed by atoms with Gasteiger partial charge in [0.25, 0.3) is 0 Å². The van der Waals surface area contributed by atoms with Crippen LogP contribution in [-0.4, -0.2) is 21.8 Å². The van der Waals surface area contributed by atoms with Gasteiger partial charge in [-0.2, -0.15) is 0 Å². The number of hydrogen-bond donors (Lipinski definition) is 2. The van der Waals surface area contributed by atoms with E-state index in [1.807, 2.05) is 27.7 Å². The predicted octanol–water partition coefficient (Wildman–Crippen LogP) is 4.13. The van der Waals surface area contributed by atoms with E-state index in [-0.39, 0.29) is 37.2 Å². The number of carbonyl (C=O) groups is 2. The molecule has 0 spiro atoms. The lowest BCUT2D eigenvalue weighted by atomic mass is 9.80. The molecular formula is C25H32O8. The summed E-state index contributed by atoms with van der Waals surface area (Å²) in [5, 5.41) is 19.1. The van der Waals surface area contributed by atoms with E-state index in [2.05, 4.69) is 0 Å². The van der Waals surface area contributed by atoms with Crippen LogP contribution in [0.4, 0.5) is 0 Å². The lowest BCUT2D eigenvalue weighted by molar-refractivity contribution is -0.120. The largest absolute Gasteiger partial charge is 0.502 e. The van der Waals surface area contributed by atoms with Crippen LogP contribution < -0.4 is 10.9 Å². The molecule has 0 amide bonds. The summed E-state index contributed by atoms with van der Waals surface area (Å²) < 4.78 is 9.97. The van der Waals surface area contributed by atoms with E-state index in [1.54, 1.807) is 0 Å². The van der Waals surface area contributed by atoms with Gasteiger partial charge in [0.15, 0.2) is 11.5 Å². The lowest BCUT2D eigenvalue weighted by Crippen LogP contribution is -2.26. The van der Waals surface area contributed by atoms with Crippen molar-refractivity contribution >= 4 is 11.6 Å². The maximum absolute atomic E-state index is 12.3. The summed E-state index contributed by atoms with van der Waals surface area (Å²) >= 11 is 0. The van der Waals surface area contributed by atoms with Crippen molar-refractivity contribution in [3.05, 3.63) is 56.6 Å². The molecule has 0 fully saturated rings. The van der Waals surface area contributed by atoms with Crippen molar-refractivity contribution < 1.29 is 28.6 Å². The Hall–Kier alpha value is -3.16. The summed E-state index contributed by atoms with van der Waals surface area (Å²) in [6, 6.07) is 0. The number of ketones is 2. The van der Waals surface area contributed by atoms with Crippen LogP contribution in [0.25, 0.3) is 0 Å². The zero-order valence-electron chi connectivity index (χ0n) is 19.6. The molecule has 2 N–H and O–H groups in total. The van der Waals surface area contributed by atoms with Crippen LogP contribution in [-0.2, 0) is 20.4 Å². The van der Waals surface area contributed by atoms with Gasteiger partial charge < -0.3 is 19.0 Å². The van der Waals surface area contributed by atoms with Crippen LogP contribution in [0, 0.1) is 0 Å². The minimum Gasteiger partial charge on any atom is -0.502 e. The summed E-state index contributed by atoms with van der Waals surface area (Å²) in [7, 11) is 0. The Balaban J connectivity index is 1.78. The molecule has 8 heteroatoms. The molecule has 0 atom stereocenters. The van der Waals surface area contributed by atoms with Crippen molar-refractivity contribution in [2.75, 3.05) is 0 Å². The molecule has 0 radical (unpaired) electrons. The highest BCUT2D eigenvalue weighted by Crippen LogP contribution is 2.29. The van der Waals surface area contributed by atoms with E-state index in [9.17, 15) is 29.4 Å². The second-order valence-corrected chi connectivity index (χ2v) is 9.70. The van der Waals surface area contributed by atoms with Crippen LogP contribution in [0.5, 0.6) is 11.5 Å². The predicted molar refractivity (Wildman–Crippen MR) is 122 cm³/mol. The molecule has 2 rings (SSSR count). The fraction of sp³-hybridized carbons (Fsp3) is 0.520. The van der Waals surface area contributed by atoms with Gasteiger partial charge in [0.1, 0.15) is 24.1 Å². The molecule has 2 heterocycles. The van der Waals surface area contributed by atoms with Gasteiger partial charge in [-0.25, -0.2) is 0 Å². The summed E-state index contributed by atoms with van der Waals surface area (Å²) in [5.41, 5.74) is -1.67. The highest BCUT2D eigenvalue weighted by atomic mass is 16.3. The first-order chi connectivity index (χ1) is 15.3. The minimum atomic E-state index is -0.644. The third-order valence-corrected chi connectivity index (χ3v) is 6.11. The third-order valence-electron chi connectivity index (χ3n) is 6.11. The van der Waals surface area contributed by atoms with Crippen molar-refractivity contribution in [2.45, 2.75) is 83.5 Å². The van der Waals surface area contributed by atoms with Gasteiger partial charge in [-0.1, -0.05) is 27.7 Å². The summed E-state index contributed by atoms with van der Waals surface area (Å²) in [6.45, 7) is 7.24. The van der Waals surface area contributed by atoms with Gasteiger partial charge in [0, 0.05) is 36.8 Å². The molecule has 0 aromatic carbocycles. The topological polar surface area (TPSA) is 135 Å². The van der Waals surface area contributed by atoms with Crippen molar-refractivity contribution in [1.29, 1.82) is 0 Å². The minimum absolute atomic E-state index is 0.00175. The van der Waals surface area contributed by atoms with Crippen LogP contribution in [0.1, 0.15) is 83.8 Å². The molecule has 0 unspecified atom stereocenters. The summed E-state index contributed by atoms with van der Waals surface area (Å²) in [5.74, 6) is -0.923. The average Bonchev–Trinajstić information content (AvgIpc) is 2.74. The summed E-state index contributed by atoms with van der Waals surface area (Å²) in [6.07, 6.45) is 6.82. The molecule has 33 heavy (non-hydrogen) atoms. The van der Waals surface area contributed by atoms with E-state index in [4.69, 9.17) is 8.83 Å². The normalized spacial score (nSPS) is 12.0. The van der Waals surface area contributed by atoms with E-state index >= 15 is 0 Å². The Labute approximate surface area is 192 Å². The lowest BCUT2D eigenvalue weighted by Gasteiger charge is -2.23. The second kappa shape index (κ2) is 10.6. The highest BCUT2D eigenvalue weighted by molar-refractivity contribution is 5.81. The van der Waals surface area contributed by atoms with Crippen LogP contribution in [0.3, 0.4) is 0 Å². The zero-order chi connectivity index (χ0) is 24.8. The smallest absolute Gasteiger partial charge is 0.230 e. The Morgan fingerprint density at radius 2 is 1.06 bits per heavy atom. The average molecular weight is 461 g/mol. The Morgan fingerprint density at radius 3 is 1.42 bits per heavy atom. The first-order valence-electron chi connectivity index (χ1n) is 11.0. The van der Waals surface area contributed by atoms with Gasteiger partial charge >= 0.3 is 0 Å². The van der Waals surface area contributed by atoms with E-state index in [0.29, 0.717) is 30.4 Å². The molecule has 0 aliphatic heterocycles. The van der Waals surface area contributed by atoms with Crippen LogP contribution in [0.2, 0.25) is 0 Å². The Morgan fingerprint density at radius 1 is 0.697 bits per heavy atom. The molecule has 2 aromatic heterocycles. The quantitative estimate of drug-likeness (QED) is 0.483. The summed E-state index contributed by atoms with van der Waals surface area (Å²) in [4.78, 5) is 48.8. The van der Waals surface area contributed by atoms with Gasteiger partial charge in [0.05, 0.1) is 12.5 Å². The molecule has 0 bridgehead atoms. The molecule has 180 valence electrons. The number of aromatic hydroxyl groups is 2. The number of rotatable bonds is 12. The molecule has 0 aliphatic carbocycles. The molecule has 0 saturated heterocycles.